The van der Waals surface area contributed by atoms with Gasteiger partial charge in [0, 0.05) is 11.9 Å². The molecule has 0 amide bonds. The number of hydrogen-bond acceptors (Lipinski definition) is 4. The molecule has 3 aromatic rings. The first-order valence-electron chi connectivity index (χ1n) is 8.79. The average molecular weight is 345 g/mol. The first-order valence-corrected chi connectivity index (χ1v) is 8.79. The Balaban J connectivity index is 1.59. The maximum absolute atomic E-state index is 5.85. The molecule has 0 aliphatic carbocycles. The van der Waals surface area contributed by atoms with Crippen LogP contribution in [0.1, 0.15) is 12.5 Å². The molecule has 0 radical (unpaired) electrons. The van der Waals surface area contributed by atoms with E-state index in [9.17, 15) is 0 Å². The molecule has 1 aromatic carbocycles. The summed E-state index contributed by atoms with van der Waals surface area (Å²) in [5.41, 5.74) is 4.17. The van der Waals surface area contributed by atoms with Crippen LogP contribution in [-0.2, 0) is 6.42 Å². The first kappa shape index (κ1) is 17.7. The number of aryl methyl sites for hydroxylation is 1. The maximum Gasteiger partial charge on any atom is 0.137 e. The predicted octanol–water partition coefficient (Wildman–Crippen LogP) is 4.73. The number of ether oxygens (including phenoxy) is 1. The number of rotatable bonds is 8. The van der Waals surface area contributed by atoms with Gasteiger partial charge in [-0.1, -0.05) is 37.8 Å². The minimum absolute atomic E-state index is 0.550. The van der Waals surface area contributed by atoms with Crippen molar-refractivity contribution in [2.45, 2.75) is 13.3 Å². The van der Waals surface area contributed by atoms with E-state index in [1.165, 1.54) is 11.3 Å². The Kier molecular flexibility index (Phi) is 5.99. The number of nitrogens with zero attached hydrogens (tertiary/aromatic N) is 3. The second-order valence-corrected chi connectivity index (χ2v) is 5.80. The fourth-order valence-corrected chi connectivity index (χ4v) is 2.79. The van der Waals surface area contributed by atoms with Crippen molar-refractivity contribution in [1.82, 2.24) is 9.97 Å². The van der Waals surface area contributed by atoms with Gasteiger partial charge in [0.1, 0.15) is 12.4 Å². The molecule has 3 rings (SSSR count). The highest BCUT2D eigenvalue weighted by Gasteiger charge is 2.07. The van der Waals surface area contributed by atoms with Crippen LogP contribution in [0.25, 0.3) is 11.4 Å². The van der Waals surface area contributed by atoms with Crippen LogP contribution >= 0.6 is 0 Å². The second-order valence-electron chi connectivity index (χ2n) is 5.80. The van der Waals surface area contributed by atoms with Gasteiger partial charge in [0.25, 0.3) is 0 Å². The molecule has 0 N–H and O–H groups in total. The van der Waals surface area contributed by atoms with Crippen LogP contribution < -0.4 is 9.64 Å². The van der Waals surface area contributed by atoms with Gasteiger partial charge < -0.3 is 9.64 Å². The van der Waals surface area contributed by atoms with Crippen LogP contribution in [0.4, 0.5) is 5.69 Å². The Morgan fingerprint density at radius 1 is 1.00 bits per heavy atom. The van der Waals surface area contributed by atoms with Crippen molar-refractivity contribution in [3.8, 4) is 17.1 Å². The molecule has 0 bridgehead atoms. The SMILES string of the molecule is C=CN(CCOc1ccc(-c2ccccn2)nc1)c1ccccc1CC. The van der Waals surface area contributed by atoms with E-state index < -0.39 is 0 Å². The van der Waals surface area contributed by atoms with Gasteiger partial charge in [-0.15, -0.1) is 0 Å². The summed E-state index contributed by atoms with van der Waals surface area (Å²) in [6.45, 7) is 7.37. The lowest BCUT2D eigenvalue weighted by molar-refractivity contribution is 0.326. The zero-order chi connectivity index (χ0) is 18.2. The first-order chi connectivity index (χ1) is 12.8. The molecular weight excluding hydrogens is 322 g/mol. The van der Waals surface area contributed by atoms with Crippen molar-refractivity contribution < 1.29 is 4.74 Å². The highest BCUT2D eigenvalue weighted by Crippen LogP contribution is 2.21. The third kappa shape index (κ3) is 4.28. The fraction of sp³-hybridized carbons (Fsp3) is 0.182. The minimum atomic E-state index is 0.550. The van der Waals surface area contributed by atoms with Gasteiger partial charge in [-0.2, -0.15) is 0 Å². The molecule has 132 valence electrons. The Labute approximate surface area is 154 Å². The quantitative estimate of drug-likeness (QED) is 0.591. The van der Waals surface area contributed by atoms with Crippen molar-refractivity contribution in [1.29, 1.82) is 0 Å². The van der Waals surface area contributed by atoms with E-state index in [2.05, 4.69) is 46.6 Å². The number of anilines is 1. The fourth-order valence-electron chi connectivity index (χ4n) is 2.79. The van der Waals surface area contributed by atoms with Crippen LogP contribution in [0.5, 0.6) is 5.75 Å². The van der Waals surface area contributed by atoms with Gasteiger partial charge in [-0.3, -0.25) is 9.97 Å². The Bertz CT molecular complexity index is 832. The Morgan fingerprint density at radius 3 is 2.50 bits per heavy atom. The second kappa shape index (κ2) is 8.81. The summed E-state index contributed by atoms with van der Waals surface area (Å²) in [4.78, 5) is 10.9. The van der Waals surface area contributed by atoms with Gasteiger partial charge in [0.05, 0.1) is 24.1 Å². The molecule has 0 aliphatic rings. The smallest absolute Gasteiger partial charge is 0.137 e. The zero-order valence-electron chi connectivity index (χ0n) is 15.0. The molecule has 0 spiro atoms. The summed E-state index contributed by atoms with van der Waals surface area (Å²) in [6, 6.07) is 18.0. The molecule has 2 aromatic heterocycles. The van der Waals surface area contributed by atoms with E-state index in [4.69, 9.17) is 4.74 Å². The third-order valence-electron chi connectivity index (χ3n) is 4.17. The van der Waals surface area contributed by atoms with Crippen LogP contribution in [0.3, 0.4) is 0 Å². The summed E-state index contributed by atoms with van der Waals surface area (Å²) in [7, 11) is 0. The highest BCUT2D eigenvalue weighted by molar-refractivity contribution is 5.56. The van der Waals surface area contributed by atoms with Crippen molar-refractivity contribution >= 4 is 5.69 Å². The Morgan fingerprint density at radius 2 is 1.81 bits per heavy atom. The summed E-state index contributed by atoms with van der Waals surface area (Å²) in [5, 5.41) is 0. The van der Waals surface area contributed by atoms with Gasteiger partial charge in [0.15, 0.2) is 0 Å². The van der Waals surface area contributed by atoms with E-state index in [0.717, 1.165) is 30.1 Å². The van der Waals surface area contributed by atoms with Crippen LogP contribution in [-0.4, -0.2) is 23.1 Å². The van der Waals surface area contributed by atoms with E-state index >= 15 is 0 Å². The van der Waals surface area contributed by atoms with Crippen LogP contribution in [0, 0.1) is 0 Å². The highest BCUT2D eigenvalue weighted by atomic mass is 16.5. The number of hydrogen-bond donors (Lipinski definition) is 0. The molecule has 0 atom stereocenters. The largest absolute Gasteiger partial charge is 0.490 e. The monoisotopic (exact) mass is 345 g/mol. The minimum Gasteiger partial charge on any atom is -0.490 e. The molecule has 2 heterocycles. The van der Waals surface area contributed by atoms with Gasteiger partial charge in [0.2, 0.25) is 0 Å². The van der Waals surface area contributed by atoms with Crippen LogP contribution in [0.2, 0.25) is 0 Å². The molecule has 0 saturated heterocycles. The lowest BCUT2D eigenvalue weighted by Gasteiger charge is -2.23. The van der Waals surface area contributed by atoms with Gasteiger partial charge in [-0.05, 0) is 48.5 Å². The van der Waals surface area contributed by atoms with Gasteiger partial charge >= 0.3 is 0 Å². The van der Waals surface area contributed by atoms with Crippen molar-refractivity contribution in [3.05, 3.63) is 85.3 Å². The zero-order valence-corrected chi connectivity index (χ0v) is 15.0. The lowest BCUT2D eigenvalue weighted by Crippen LogP contribution is -2.23. The van der Waals surface area contributed by atoms with E-state index in [-0.39, 0.29) is 0 Å². The lowest BCUT2D eigenvalue weighted by atomic mass is 10.1. The topological polar surface area (TPSA) is 38.2 Å². The third-order valence-corrected chi connectivity index (χ3v) is 4.17. The molecule has 0 fully saturated rings. The Hall–Kier alpha value is -3.14. The predicted molar refractivity (Wildman–Crippen MR) is 106 cm³/mol. The molecule has 4 nitrogen and oxygen atoms in total. The van der Waals surface area contributed by atoms with Crippen molar-refractivity contribution in [2.24, 2.45) is 0 Å². The number of para-hydroxylation sites is 1. The van der Waals surface area contributed by atoms with Gasteiger partial charge in [-0.25, -0.2) is 0 Å². The van der Waals surface area contributed by atoms with Crippen LogP contribution in [0.15, 0.2) is 79.8 Å². The number of pyridine rings is 2. The molecule has 26 heavy (non-hydrogen) atoms. The summed E-state index contributed by atoms with van der Waals surface area (Å²) in [6.07, 6.45) is 6.34. The normalized spacial score (nSPS) is 10.3. The molecule has 0 unspecified atom stereocenters. The molecule has 0 aliphatic heterocycles. The summed E-state index contributed by atoms with van der Waals surface area (Å²) < 4.78 is 5.85. The van der Waals surface area contributed by atoms with E-state index in [0.29, 0.717) is 6.61 Å². The molecule has 4 heteroatoms. The van der Waals surface area contributed by atoms with Crippen molar-refractivity contribution in [3.63, 3.8) is 0 Å². The summed E-state index contributed by atoms with van der Waals surface area (Å²) >= 11 is 0. The molecular formula is C22H23N3O. The van der Waals surface area contributed by atoms with Crippen molar-refractivity contribution in [2.75, 3.05) is 18.1 Å². The number of aromatic nitrogens is 2. The van der Waals surface area contributed by atoms with E-state index in [1.54, 1.807) is 12.4 Å². The summed E-state index contributed by atoms with van der Waals surface area (Å²) in [5.74, 6) is 0.748. The maximum atomic E-state index is 5.85. The number of benzene rings is 1. The van der Waals surface area contributed by atoms with E-state index in [1.807, 2.05) is 42.6 Å². The standard InChI is InChI=1S/C22H23N3O/c1-3-18-9-5-6-11-22(18)25(4-2)15-16-26-19-12-13-21(24-17-19)20-10-7-8-14-23-20/h4-14,17H,2-3,15-16H2,1H3. The molecule has 0 saturated carbocycles. The average Bonchev–Trinajstić information content (AvgIpc) is 2.72.